The highest BCUT2D eigenvalue weighted by Crippen LogP contribution is 2.22. The van der Waals surface area contributed by atoms with E-state index < -0.39 is 0 Å². The van der Waals surface area contributed by atoms with Crippen LogP contribution in [0, 0.1) is 0 Å². The van der Waals surface area contributed by atoms with Crippen LogP contribution < -0.4 is 10.6 Å². The fraction of sp³-hybridized carbons (Fsp3) is 0.688. The van der Waals surface area contributed by atoms with Gasteiger partial charge in [-0.05, 0) is 43.5 Å². The zero-order chi connectivity index (χ0) is 14.5. The highest BCUT2D eigenvalue weighted by molar-refractivity contribution is 5.43. The van der Waals surface area contributed by atoms with Gasteiger partial charge >= 0.3 is 0 Å². The van der Waals surface area contributed by atoms with E-state index in [1.54, 1.807) is 0 Å². The van der Waals surface area contributed by atoms with Gasteiger partial charge in [0.05, 0.1) is 0 Å². The van der Waals surface area contributed by atoms with E-state index in [1.165, 1.54) is 31.5 Å². The largest absolute Gasteiger partial charge is 0.357 e. The molecule has 0 unspecified atom stereocenters. The van der Waals surface area contributed by atoms with E-state index >= 15 is 0 Å². The molecule has 0 saturated carbocycles. The molecule has 1 fully saturated rings. The van der Waals surface area contributed by atoms with Crippen LogP contribution >= 0.6 is 0 Å². The fourth-order valence-corrected chi connectivity index (χ4v) is 2.92. The first-order chi connectivity index (χ1) is 9.67. The molecule has 0 spiro atoms. The molecule has 1 aromatic rings. The molecule has 4 nitrogen and oxygen atoms in total. The topological polar surface area (TPSA) is 45.4 Å². The molecule has 112 valence electrons. The molecule has 20 heavy (non-hydrogen) atoms. The number of aromatic nitrogens is 1. The molecule has 2 rings (SSSR count). The van der Waals surface area contributed by atoms with Crippen molar-refractivity contribution < 1.29 is 0 Å². The van der Waals surface area contributed by atoms with E-state index in [9.17, 15) is 0 Å². The zero-order valence-corrected chi connectivity index (χ0v) is 13.1. The average molecular weight is 276 g/mol. The first-order valence-electron chi connectivity index (χ1n) is 7.83. The van der Waals surface area contributed by atoms with Gasteiger partial charge in [-0.15, -0.1) is 0 Å². The summed E-state index contributed by atoms with van der Waals surface area (Å²) < 4.78 is 0. The molecule has 2 N–H and O–H groups in total. The quantitative estimate of drug-likeness (QED) is 0.894. The molecule has 0 aliphatic carbocycles. The minimum Gasteiger partial charge on any atom is -0.357 e. The molecule has 0 atom stereocenters. The van der Waals surface area contributed by atoms with Gasteiger partial charge in [-0.3, -0.25) is 0 Å². The van der Waals surface area contributed by atoms with Crippen molar-refractivity contribution in [2.45, 2.75) is 45.7 Å². The SMILES string of the molecule is CCc1cc(CN)cc(N(C)C2CCN(CC)CC2)n1. The first-order valence-corrected chi connectivity index (χ1v) is 7.83. The van der Waals surface area contributed by atoms with Gasteiger partial charge in [-0.1, -0.05) is 13.8 Å². The molecule has 4 heteroatoms. The summed E-state index contributed by atoms with van der Waals surface area (Å²) >= 11 is 0. The van der Waals surface area contributed by atoms with E-state index in [0.717, 1.165) is 24.5 Å². The molecule has 0 radical (unpaired) electrons. The normalized spacial score (nSPS) is 17.4. The number of piperidine rings is 1. The Morgan fingerprint density at radius 2 is 2.00 bits per heavy atom. The van der Waals surface area contributed by atoms with Gasteiger partial charge in [0.25, 0.3) is 0 Å². The van der Waals surface area contributed by atoms with E-state index in [-0.39, 0.29) is 0 Å². The highest BCUT2D eigenvalue weighted by Gasteiger charge is 2.22. The van der Waals surface area contributed by atoms with Gasteiger partial charge in [-0.25, -0.2) is 4.98 Å². The van der Waals surface area contributed by atoms with Crippen molar-refractivity contribution in [2.75, 3.05) is 31.6 Å². The maximum Gasteiger partial charge on any atom is 0.129 e. The Morgan fingerprint density at radius 3 is 2.55 bits per heavy atom. The summed E-state index contributed by atoms with van der Waals surface area (Å²) in [5.74, 6) is 1.08. The summed E-state index contributed by atoms with van der Waals surface area (Å²) in [5.41, 5.74) is 8.13. The lowest BCUT2D eigenvalue weighted by molar-refractivity contribution is 0.220. The number of hydrogen-bond donors (Lipinski definition) is 1. The molecular formula is C16H28N4. The molecule has 0 amide bonds. The molecule has 1 aliphatic rings. The lowest BCUT2D eigenvalue weighted by Gasteiger charge is -2.37. The first kappa shape index (κ1) is 15.3. The van der Waals surface area contributed by atoms with Crippen LogP contribution in [0.5, 0.6) is 0 Å². The second-order valence-corrected chi connectivity index (χ2v) is 5.66. The molecule has 2 heterocycles. The number of anilines is 1. The summed E-state index contributed by atoms with van der Waals surface area (Å²) in [4.78, 5) is 9.64. The van der Waals surface area contributed by atoms with Gasteiger partial charge in [0.1, 0.15) is 5.82 Å². The number of nitrogens with two attached hydrogens (primary N) is 1. The van der Waals surface area contributed by atoms with Gasteiger partial charge in [-0.2, -0.15) is 0 Å². The lowest BCUT2D eigenvalue weighted by Crippen LogP contribution is -2.43. The van der Waals surface area contributed by atoms with Gasteiger partial charge in [0, 0.05) is 38.4 Å². The Kier molecular flexibility index (Phi) is 5.38. The number of likely N-dealkylation sites (tertiary alicyclic amines) is 1. The Morgan fingerprint density at radius 1 is 1.30 bits per heavy atom. The van der Waals surface area contributed by atoms with E-state index in [1.807, 2.05) is 0 Å². The van der Waals surface area contributed by atoms with Crippen LogP contribution in [0.1, 0.15) is 37.9 Å². The van der Waals surface area contributed by atoms with Crippen LogP contribution in [0.4, 0.5) is 5.82 Å². The van der Waals surface area contributed by atoms with Crippen molar-refractivity contribution in [3.63, 3.8) is 0 Å². The highest BCUT2D eigenvalue weighted by atomic mass is 15.2. The number of aryl methyl sites for hydroxylation is 1. The summed E-state index contributed by atoms with van der Waals surface area (Å²) in [6.45, 7) is 8.53. The van der Waals surface area contributed by atoms with Crippen LogP contribution in [-0.4, -0.2) is 42.6 Å². The third kappa shape index (κ3) is 3.49. The third-order valence-electron chi connectivity index (χ3n) is 4.44. The van der Waals surface area contributed by atoms with Crippen molar-refractivity contribution in [1.29, 1.82) is 0 Å². The Labute approximate surface area is 123 Å². The maximum absolute atomic E-state index is 5.80. The minimum absolute atomic E-state index is 0.588. The summed E-state index contributed by atoms with van der Waals surface area (Å²) in [6.07, 6.45) is 3.41. The number of pyridine rings is 1. The number of rotatable bonds is 5. The molecular weight excluding hydrogens is 248 g/mol. The van der Waals surface area contributed by atoms with Crippen molar-refractivity contribution in [3.8, 4) is 0 Å². The predicted molar refractivity (Wildman–Crippen MR) is 85.0 cm³/mol. The monoisotopic (exact) mass is 276 g/mol. The standard InChI is InChI=1S/C16H28N4/c1-4-14-10-13(12-17)11-16(18-14)19(3)15-6-8-20(5-2)9-7-15/h10-11,15H,4-9,12,17H2,1-3H3. The molecule has 0 aromatic carbocycles. The van der Waals surface area contributed by atoms with Gasteiger partial charge in [0.2, 0.25) is 0 Å². The van der Waals surface area contributed by atoms with Crippen molar-refractivity contribution in [1.82, 2.24) is 9.88 Å². The maximum atomic E-state index is 5.80. The lowest BCUT2D eigenvalue weighted by atomic mass is 10.0. The Hall–Kier alpha value is -1.13. The predicted octanol–water partition coefficient (Wildman–Crippen LogP) is 2.02. The van der Waals surface area contributed by atoms with Crippen LogP contribution in [0.25, 0.3) is 0 Å². The average Bonchev–Trinajstić information content (AvgIpc) is 2.53. The van der Waals surface area contributed by atoms with Crippen molar-refractivity contribution in [3.05, 3.63) is 23.4 Å². The van der Waals surface area contributed by atoms with E-state index in [2.05, 4.69) is 42.8 Å². The molecule has 1 aromatic heterocycles. The van der Waals surface area contributed by atoms with Gasteiger partial charge in [0.15, 0.2) is 0 Å². The van der Waals surface area contributed by atoms with Crippen molar-refractivity contribution >= 4 is 5.82 Å². The fourth-order valence-electron chi connectivity index (χ4n) is 2.92. The van der Waals surface area contributed by atoms with E-state index in [4.69, 9.17) is 10.7 Å². The second-order valence-electron chi connectivity index (χ2n) is 5.66. The summed E-state index contributed by atoms with van der Waals surface area (Å²) in [7, 11) is 2.17. The van der Waals surface area contributed by atoms with Gasteiger partial charge < -0.3 is 15.5 Å². The smallest absolute Gasteiger partial charge is 0.129 e. The van der Waals surface area contributed by atoms with Crippen LogP contribution in [0.3, 0.4) is 0 Å². The number of nitrogens with zero attached hydrogens (tertiary/aromatic N) is 3. The molecule has 1 aliphatic heterocycles. The minimum atomic E-state index is 0.588. The van der Waals surface area contributed by atoms with Crippen LogP contribution in [-0.2, 0) is 13.0 Å². The van der Waals surface area contributed by atoms with E-state index in [0.29, 0.717) is 12.6 Å². The summed E-state index contributed by atoms with van der Waals surface area (Å²) in [6, 6.07) is 4.87. The number of hydrogen-bond acceptors (Lipinski definition) is 4. The van der Waals surface area contributed by atoms with Crippen LogP contribution in [0.15, 0.2) is 12.1 Å². The second kappa shape index (κ2) is 7.04. The Bertz CT molecular complexity index is 402. The van der Waals surface area contributed by atoms with Crippen LogP contribution in [0.2, 0.25) is 0 Å². The molecule has 0 bridgehead atoms. The van der Waals surface area contributed by atoms with Crippen molar-refractivity contribution in [2.24, 2.45) is 5.73 Å². The summed E-state index contributed by atoms with van der Waals surface area (Å²) in [5, 5.41) is 0. The third-order valence-corrected chi connectivity index (χ3v) is 4.44. The Balaban J connectivity index is 2.10. The molecule has 1 saturated heterocycles. The zero-order valence-electron chi connectivity index (χ0n) is 13.1.